The fourth-order valence-electron chi connectivity index (χ4n) is 4.43. The molecule has 31 heavy (non-hydrogen) atoms. The Balaban J connectivity index is 1.39. The molecule has 1 amide bonds. The fraction of sp³-hybridized carbons (Fsp3) is 0.667. The van der Waals surface area contributed by atoms with Crippen LogP contribution in [0.4, 0.5) is 4.79 Å². The molecule has 2 heterocycles. The van der Waals surface area contributed by atoms with Crippen LogP contribution < -0.4 is 0 Å². The highest BCUT2D eigenvalue weighted by Crippen LogP contribution is 2.56. The number of nitrogens with zero attached hydrogens (tertiary/aromatic N) is 2. The molecule has 1 saturated carbocycles. The van der Waals surface area contributed by atoms with Crippen LogP contribution in [0.3, 0.4) is 0 Å². The topological polar surface area (TPSA) is 55.6 Å². The smallest absolute Gasteiger partial charge is 0.410 e. The van der Waals surface area contributed by atoms with Gasteiger partial charge in [0, 0.05) is 23.8 Å². The third-order valence-electron chi connectivity index (χ3n) is 6.19. The second-order valence-electron chi connectivity index (χ2n) is 11.1. The SMILES string of the molecule is CC(C)(C)OC(=O)N1CCC2(CC1)CC(Sc1c(Cl)ccc3nc(C(C)(C)C)oc13)C2. The summed E-state index contributed by atoms with van der Waals surface area (Å²) < 4.78 is 11.7. The van der Waals surface area contributed by atoms with Crippen LogP contribution in [0, 0.1) is 5.41 Å². The van der Waals surface area contributed by atoms with Gasteiger partial charge in [-0.25, -0.2) is 9.78 Å². The van der Waals surface area contributed by atoms with E-state index < -0.39 is 5.60 Å². The molecule has 0 unspecified atom stereocenters. The molecular weight excluding hydrogens is 432 g/mol. The molecule has 5 nitrogen and oxygen atoms in total. The highest BCUT2D eigenvalue weighted by atomic mass is 35.5. The van der Waals surface area contributed by atoms with E-state index in [0.29, 0.717) is 10.7 Å². The molecule has 0 bridgehead atoms. The maximum atomic E-state index is 12.3. The van der Waals surface area contributed by atoms with E-state index in [1.165, 1.54) is 0 Å². The first-order chi connectivity index (χ1) is 14.4. The Kier molecular flexibility index (Phi) is 5.79. The van der Waals surface area contributed by atoms with Crippen molar-refractivity contribution in [3.8, 4) is 0 Å². The predicted octanol–water partition coefficient (Wildman–Crippen LogP) is 7.05. The number of hydrogen-bond donors (Lipinski definition) is 0. The van der Waals surface area contributed by atoms with E-state index in [9.17, 15) is 4.79 Å². The standard InChI is InChI=1S/C24H33ClN2O3S/c1-22(2,3)20-26-17-8-7-16(25)19(18(17)29-20)31-15-13-24(14-15)9-11-27(12-10-24)21(28)30-23(4,5)6/h7-8,15H,9-14H2,1-6H3. The van der Waals surface area contributed by atoms with Crippen molar-refractivity contribution in [2.24, 2.45) is 5.41 Å². The Labute approximate surface area is 194 Å². The molecule has 2 aliphatic rings. The van der Waals surface area contributed by atoms with Crippen molar-refractivity contribution >= 4 is 40.6 Å². The Morgan fingerprint density at radius 1 is 1.19 bits per heavy atom. The molecule has 0 atom stereocenters. The number of amides is 1. The van der Waals surface area contributed by atoms with Crippen LogP contribution in [-0.2, 0) is 10.2 Å². The number of halogens is 1. The minimum Gasteiger partial charge on any atom is -0.444 e. The average molecular weight is 465 g/mol. The number of ether oxygens (including phenoxy) is 1. The molecule has 1 saturated heterocycles. The molecule has 1 aliphatic carbocycles. The monoisotopic (exact) mass is 464 g/mol. The zero-order valence-corrected chi connectivity index (χ0v) is 21.0. The second kappa shape index (κ2) is 7.87. The maximum absolute atomic E-state index is 12.3. The van der Waals surface area contributed by atoms with Crippen molar-refractivity contribution in [3.63, 3.8) is 0 Å². The molecule has 1 aromatic heterocycles. The number of aromatic nitrogens is 1. The van der Waals surface area contributed by atoms with Crippen molar-refractivity contribution in [2.45, 2.75) is 88.4 Å². The van der Waals surface area contributed by atoms with Crippen LogP contribution in [0.5, 0.6) is 0 Å². The van der Waals surface area contributed by atoms with Gasteiger partial charge in [-0.05, 0) is 64.0 Å². The largest absolute Gasteiger partial charge is 0.444 e. The van der Waals surface area contributed by atoms with E-state index in [2.05, 4.69) is 25.8 Å². The molecule has 4 rings (SSSR count). The van der Waals surface area contributed by atoms with Gasteiger partial charge in [0.15, 0.2) is 5.58 Å². The van der Waals surface area contributed by atoms with Gasteiger partial charge in [-0.1, -0.05) is 32.4 Å². The summed E-state index contributed by atoms with van der Waals surface area (Å²) >= 11 is 8.39. The quantitative estimate of drug-likeness (QED) is 0.476. The molecule has 1 aromatic carbocycles. The van der Waals surface area contributed by atoms with Gasteiger partial charge in [-0.2, -0.15) is 0 Å². The zero-order valence-electron chi connectivity index (χ0n) is 19.4. The van der Waals surface area contributed by atoms with Crippen LogP contribution in [-0.4, -0.2) is 39.9 Å². The van der Waals surface area contributed by atoms with Gasteiger partial charge in [0.2, 0.25) is 5.89 Å². The van der Waals surface area contributed by atoms with Crippen molar-refractivity contribution in [2.75, 3.05) is 13.1 Å². The molecule has 2 fully saturated rings. The molecular formula is C24H33ClN2O3S. The summed E-state index contributed by atoms with van der Waals surface area (Å²) in [5.41, 5.74) is 1.43. The van der Waals surface area contributed by atoms with Crippen LogP contribution in [0.25, 0.3) is 11.1 Å². The van der Waals surface area contributed by atoms with Crippen LogP contribution in [0.1, 0.15) is 73.1 Å². The van der Waals surface area contributed by atoms with Crippen LogP contribution in [0.2, 0.25) is 5.02 Å². The van der Waals surface area contributed by atoms with E-state index >= 15 is 0 Å². The van der Waals surface area contributed by atoms with Gasteiger partial charge in [0.1, 0.15) is 11.1 Å². The summed E-state index contributed by atoms with van der Waals surface area (Å²) in [7, 11) is 0. The number of rotatable bonds is 2. The van der Waals surface area contributed by atoms with Gasteiger partial charge in [-0.15, -0.1) is 11.8 Å². The van der Waals surface area contributed by atoms with Gasteiger partial charge in [-0.3, -0.25) is 0 Å². The van der Waals surface area contributed by atoms with Crippen molar-refractivity contribution < 1.29 is 13.9 Å². The van der Waals surface area contributed by atoms with Gasteiger partial charge >= 0.3 is 6.09 Å². The number of oxazole rings is 1. The Bertz CT molecular complexity index is 973. The minimum atomic E-state index is -0.446. The average Bonchev–Trinajstić information content (AvgIpc) is 3.06. The fourth-order valence-corrected chi connectivity index (χ4v) is 6.35. The first kappa shape index (κ1) is 22.8. The lowest BCUT2D eigenvalue weighted by Gasteiger charge is -2.52. The Morgan fingerprint density at radius 3 is 2.42 bits per heavy atom. The molecule has 0 N–H and O–H groups in total. The summed E-state index contributed by atoms with van der Waals surface area (Å²) in [6, 6.07) is 3.87. The van der Waals surface area contributed by atoms with Crippen LogP contribution in [0.15, 0.2) is 21.4 Å². The second-order valence-corrected chi connectivity index (χ2v) is 12.8. The lowest BCUT2D eigenvalue weighted by Crippen LogP contribution is -2.50. The number of thioether (sulfide) groups is 1. The van der Waals surface area contributed by atoms with Crippen LogP contribution >= 0.6 is 23.4 Å². The molecule has 1 spiro atoms. The molecule has 1 aliphatic heterocycles. The number of carbonyl (C=O) groups excluding carboxylic acids is 1. The first-order valence-electron chi connectivity index (χ1n) is 11.1. The summed E-state index contributed by atoms with van der Waals surface area (Å²) in [6.45, 7) is 13.6. The normalized spacial score (nSPS) is 19.6. The van der Waals surface area contributed by atoms with E-state index in [0.717, 1.165) is 65.7 Å². The van der Waals surface area contributed by atoms with Gasteiger partial charge < -0.3 is 14.1 Å². The van der Waals surface area contributed by atoms with E-state index in [-0.39, 0.29) is 11.5 Å². The number of likely N-dealkylation sites (tertiary alicyclic amines) is 1. The maximum Gasteiger partial charge on any atom is 0.410 e. The molecule has 7 heteroatoms. The van der Waals surface area contributed by atoms with Crippen molar-refractivity contribution in [1.82, 2.24) is 9.88 Å². The summed E-state index contributed by atoms with van der Waals surface area (Å²) in [6.07, 6.45) is 4.18. The number of fused-ring (bicyclic) bond motifs is 1. The van der Waals surface area contributed by atoms with Crippen molar-refractivity contribution in [1.29, 1.82) is 0 Å². The zero-order chi connectivity index (χ0) is 22.6. The lowest BCUT2D eigenvalue weighted by molar-refractivity contribution is -0.00351. The highest BCUT2D eigenvalue weighted by Gasteiger charge is 2.47. The Hall–Kier alpha value is -1.40. The number of piperidine rings is 1. The van der Waals surface area contributed by atoms with E-state index in [1.54, 1.807) is 0 Å². The molecule has 170 valence electrons. The number of hydrogen-bond acceptors (Lipinski definition) is 5. The third-order valence-corrected chi connectivity index (χ3v) is 7.92. The molecule has 0 radical (unpaired) electrons. The highest BCUT2D eigenvalue weighted by molar-refractivity contribution is 8.00. The van der Waals surface area contributed by atoms with E-state index in [4.69, 9.17) is 20.8 Å². The lowest BCUT2D eigenvalue weighted by atomic mass is 9.63. The van der Waals surface area contributed by atoms with Crippen molar-refractivity contribution in [3.05, 3.63) is 23.0 Å². The minimum absolute atomic E-state index is 0.143. The first-order valence-corrected chi connectivity index (χ1v) is 12.4. The summed E-state index contributed by atoms with van der Waals surface area (Å²) in [4.78, 5) is 19.9. The summed E-state index contributed by atoms with van der Waals surface area (Å²) in [5.74, 6) is 0.742. The molecule has 2 aromatic rings. The van der Waals surface area contributed by atoms with E-state index in [1.807, 2.05) is 49.6 Å². The number of carbonyl (C=O) groups is 1. The third kappa shape index (κ3) is 4.85. The van der Waals surface area contributed by atoms with Gasteiger partial charge in [0.05, 0.1) is 9.92 Å². The predicted molar refractivity (Wildman–Crippen MR) is 126 cm³/mol. The number of benzene rings is 1. The summed E-state index contributed by atoms with van der Waals surface area (Å²) in [5, 5.41) is 1.24. The Morgan fingerprint density at radius 2 is 1.84 bits per heavy atom. The van der Waals surface area contributed by atoms with Gasteiger partial charge in [0.25, 0.3) is 0 Å².